The highest BCUT2D eigenvalue weighted by atomic mass is 19.1. The van der Waals surface area contributed by atoms with Crippen molar-refractivity contribution in [2.24, 2.45) is 0 Å². The monoisotopic (exact) mass is 420 g/mol. The Kier molecular flexibility index (Phi) is 7.38. The molecule has 0 aliphatic carbocycles. The summed E-state index contributed by atoms with van der Waals surface area (Å²) in [5.74, 6) is -1.30. The maximum Gasteiger partial charge on any atom is 0.265 e. The number of hydrogen-bond acceptors (Lipinski definition) is 3. The van der Waals surface area contributed by atoms with Crippen molar-refractivity contribution in [2.75, 3.05) is 5.32 Å². The number of para-hydroxylation sites is 2. The lowest BCUT2D eigenvalue weighted by molar-refractivity contribution is -0.122. The second-order valence-corrected chi connectivity index (χ2v) is 7.09. The van der Waals surface area contributed by atoms with Crippen LogP contribution >= 0.6 is 0 Å². The SMILES string of the molecule is CC[C@@H](Oc1ccccc1F)C(=O)Nc1ccccc1C(=O)N[C@@H](C)c1ccccc1. The Balaban J connectivity index is 1.72. The van der Waals surface area contributed by atoms with Gasteiger partial charge >= 0.3 is 0 Å². The number of carbonyl (C=O) groups is 2. The Bertz CT molecular complexity index is 1040. The van der Waals surface area contributed by atoms with Crippen LogP contribution in [0.4, 0.5) is 10.1 Å². The minimum atomic E-state index is -0.906. The molecule has 3 aromatic carbocycles. The van der Waals surface area contributed by atoms with Crippen LogP contribution < -0.4 is 15.4 Å². The third-order valence-electron chi connectivity index (χ3n) is 4.85. The summed E-state index contributed by atoms with van der Waals surface area (Å²) in [6, 6.07) is 22.1. The lowest BCUT2D eigenvalue weighted by Gasteiger charge is -2.19. The first kappa shape index (κ1) is 22.0. The molecule has 0 bridgehead atoms. The lowest BCUT2D eigenvalue weighted by Crippen LogP contribution is -2.34. The van der Waals surface area contributed by atoms with Crippen molar-refractivity contribution in [3.05, 3.63) is 95.8 Å². The summed E-state index contributed by atoms with van der Waals surface area (Å²) in [7, 11) is 0. The molecule has 0 fully saturated rings. The molecule has 0 aliphatic heterocycles. The van der Waals surface area contributed by atoms with Crippen molar-refractivity contribution in [3.8, 4) is 5.75 Å². The Morgan fingerprint density at radius 1 is 0.935 bits per heavy atom. The minimum Gasteiger partial charge on any atom is -0.478 e. The molecular weight excluding hydrogens is 395 g/mol. The van der Waals surface area contributed by atoms with Gasteiger partial charge in [-0.15, -0.1) is 0 Å². The molecule has 0 heterocycles. The Morgan fingerprint density at radius 2 is 1.58 bits per heavy atom. The zero-order valence-corrected chi connectivity index (χ0v) is 17.5. The fourth-order valence-electron chi connectivity index (χ4n) is 3.12. The van der Waals surface area contributed by atoms with Crippen LogP contribution in [-0.4, -0.2) is 17.9 Å². The zero-order chi connectivity index (χ0) is 22.2. The van der Waals surface area contributed by atoms with Crippen molar-refractivity contribution >= 4 is 17.5 Å². The van der Waals surface area contributed by atoms with Gasteiger partial charge in [0, 0.05) is 0 Å². The summed E-state index contributed by atoms with van der Waals surface area (Å²) in [5, 5.41) is 5.69. The highest BCUT2D eigenvalue weighted by Crippen LogP contribution is 2.21. The zero-order valence-electron chi connectivity index (χ0n) is 17.5. The Morgan fingerprint density at radius 3 is 2.29 bits per heavy atom. The van der Waals surface area contributed by atoms with E-state index in [1.807, 2.05) is 37.3 Å². The molecule has 0 spiro atoms. The second-order valence-electron chi connectivity index (χ2n) is 7.09. The molecule has 0 aliphatic rings. The van der Waals surface area contributed by atoms with E-state index >= 15 is 0 Å². The third-order valence-corrected chi connectivity index (χ3v) is 4.85. The van der Waals surface area contributed by atoms with Crippen LogP contribution in [0.15, 0.2) is 78.9 Å². The van der Waals surface area contributed by atoms with E-state index in [1.165, 1.54) is 12.1 Å². The molecule has 31 heavy (non-hydrogen) atoms. The lowest BCUT2D eigenvalue weighted by atomic mass is 10.1. The van der Waals surface area contributed by atoms with Gasteiger partial charge in [0.1, 0.15) is 0 Å². The van der Waals surface area contributed by atoms with E-state index in [-0.39, 0.29) is 17.7 Å². The molecule has 0 saturated carbocycles. The molecule has 0 aromatic heterocycles. The molecule has 2 atom stereocenters. The molecule has 3 rings (SSSR count). The molecule has 3 aromatic rings. The average molecular weight is 420 g/mol. The predicted molar refractivity (Wildman–Crippen MR) is 119 cm³/mol. The van der Waals surface area contributed by atoms with Crippen molar-refractivity contribution in [1.29, 1.82) is 0 Å². The fourth-order valence-corrected chi connectivity index (χ4v) is 3.12. The number of nitrogens with one attached hydrogen (secondary N) is 2. The fraction of sp³-hybridized carbons (Fsp3) is 0.200. The maximum absolute atomic E-state index is 13.9. The Hall–Kier alpha value is -3.67. The number of rotatable bonds is 8. The van der Waals surface area contributed by atoms with Crippen LogP contribution in [0, 0.1) is 5.82 Å². The number of ether oxygens (including phenoxy) is 1. The van der Waals surface area contributed by atoms with Gasteiger partial charge in [-0.1, -0.05) is 61.5 Å². The molecule has 160 valence electrons. The molecule has 0 saturated heterocycles. The van der Waals surface area contributed by atoms with Crippen LogP contribution in [0.3, 0.4) is 0 Å². The summed E-state index contributed by atoms with van der Waals surface area (Å²) >= 11 is 0. The molecule has 0 unspecified atom stereocenters. The summed E-state index contributed by atoms with van der Waals surface area (Å²) in [5.41, 5.74) is 1.67. The molecule has 2 N–H and O–H groups in total. The van der Waals surface area contributed by atoms with E-state index in [2.05, 4.69) is 10.6 Å². The summed E-state index contributed by atoms with van der Waals surface area (Å²) < 4.78 is 19.5. The summed E-state index contributed by atoms with van der Waals surface area (Å²) in [6.45, 7) is 3.66. The van der Waals surface area contributed by atoms with E-state index in [9.17, 15) is 14.0 Å². The van der Waals surface area contributed by atoms with Crippen LogP contribution in [0.5, 0.6) is 5.75 Å². The number of anilines is 1. The number of benzene rings is 3. The second kappa shape index (κ2) is 10.4. The quantitative estimate of drug-likeness (QED) is 0.532. The van der Waals surface area contributed by atoms with Gasteiger partial charge in [0.2, 0.25) is 0 Å². The van der Waals surface area contributed by atoms with Gasteiger partial charge in [-0.3, -0.25) is 9.59 Å². The summed E-state index contributed by atoms with van der Waals surface area (Å²) in [4.78, 5) is 25.7. The molecule has 6 heteroatoms. The first-order chi connectivity index (χ1) is 15.0. The topological polar surface area (TPSA) is 67.4 Å². The van der Waals surface area contributed by atoms with Gasteiger partial charge in [0.05, 0.1) is 17.3 Å². The average Bonchev–Trinajstić information content (AvgIpc) is 2.79. The summed E-state index contributed by atoms with van der Waals surface area (Å²) in [6.07, 6.45) is -0.573. The number of carbonyl (C=O) groups excluding carboxylic acids is 2. The Labute approximate surface area is 181 Å². The largest absolute Gasteiger partial charge is 0.478 e. The highest BCUT2D eigenvalue weighted by Gasteiger charge is 2.22. The minimum absolute atomic E-state index is 0.00668. The first-order valence-electron chi connectivity index (χ1n) is 10.2. The smallest absolute Gasteiger partial charge is 0.265 e. The van der Waals surface area contributed by atoms with Crippen LogP contribution in [-0.2, 0) is 4.79 Å². The number of halogens is 1. The van der Waals surface area contributed by atoms with Gasteiger partial charge in [-0.2, -0.15) is 0 Å². The standard InChI is InChI=1S/C25H25FN2O3/c1-3-22(31-23-16-10-8-14-20(23)26)25(30)28-21-15-9-7-13-19(21)24(29)27-17(2)18-11-5-4-6-12-18/h4-17,22H,3H2,1-2H3,(H,27,29)(H,28,30)/t17-,22+/m0/s1. The third kappa shape index (κ3) is 5.69. The van der Waals surface area contributed by atoms with E-state index < -0.39 is 17.8 Å². The van der Waals surface area contributed by atoms with Crippen LogP contribution in [0.25, 0.3) is 0 Å². The van der Waals surface area contributed by atoms with E-state index in [0.29, 0.717) is 17.7 Å². The number of amides is 2. The molecule has 0 radical (unpaired) electrons. The van der Waals surface area contributed by atoms with Gasteiger partial charge < -0.3 is 15.4 Å². The normalized spacial score (nSPS) is 12.5. The van der Waals surface area contributed by atoms with Crippen molar-refractivity contribution in [2.45, 2.75) is 32.4 Å². The van der Waals surface area contributed by atoms with Gasteiger partial charge in [0.15, 0.2) is 17.7 Å². The maximum atomic E-state index is 13.9. The molecule has 2 amide bonds. The first-order valence-corrected chi connectivity index (χ1v) is 10.2. The van der Waals surface area contributed by atoms with E-state index in [1.54, 1.807) is 43.3 Å². The molecular formula is C25H25FN2O3. The van der Waals surface area contributed by atoms with Gasteiger partial charge in [-0.05, 0) is 43.2 Å². The van der Waals surface area contributed by atoms with Crippen molar-refractivity contribution in [1.82, 2.24) is 5.32 Å². The van der Waals surface area contributed by atoms with Crippen molar-refractivity contribution in [3.63, 3.8) is 0 Å². The predicted octanol–water partition coefficient (Wildman–Crippen LogP) is 5.11. The van der Waals surface area contributed by atoms with E-state index in [0.717, 1.165) is 5.56 Å². The van der Waals surface area contributed by atoms with Gasteiger partial charge in [0.25, 0.3) is 11.8 Å². The van der Waals surface area contributed by atoms with Crippen LogP contribution in [0.2, 0.25) is 0 Å². The molecule has 5 nitrogen and oxygen atoms in total. The highest BCUT2D eigenvalue weighted by molar-refractivity contribution is 6.04. The van der Waals surface area contributed by atoms with E-state index in [4.69, 9.17) is 4.74 Å². The van der Waals surface area contributed by atoms with Crippen LogP contribution in [0.1, 0.15) is 42.2 Å². The van der Waals surface area contributed by atoms with Gasteiger partial charge in [-0.25, -0.2) is 4.39 Å². The van der Waals surface area contributed by atoms with Crippen molar-refractivity contribution < 1.29 is 18.7 Å². The number of hydrogen-bond donors (Lipinski definition) is 2.